The number of hydrogen-bond donors (Lipinski definition) is 4. The van der Waals surface area contributed by atoms with Crippen molar-refractivity contribution in [1.82, 2.24) is 5.43 Å². The Morgan fingerprint density at radius 3 is 2.64 bits per heavy atom. The molecule has 5 N–H and O–H groups in total. The number of nitrogen functional groups attached to an aromatic ring is 1. The number of hydrazone groups is 1. The lowest BCUT2D eigenvalue weighted by Gasteiger charge is -2.19. The van der Waals surface area contributed by atoms with Crippen LogP contribution in [0.5, 0.6) is 5.75 Å². The van der Waals surface area contributed by atoms with Crippen molar-refractivity contribution in [3.05, 3.63) is 53.6 Å². The van der Waals surface area contributed by atoms with Crippen LogP contribution < -0.4 is 16.5 Å². The maximum absolute atomic E-state index is 12.2. The van der Waals surface area contributed by atoms with Gasteiger partial charge in [0, 0.05) is 29.8 Å². The predicted molar refractivity (Wildman–Crippen MR) is 95.4 cm³/mol. The molecule has 128 valence electrons. The minimum atomic E-state index is -0.430. The highest BCUT2D eigenvalue weighted by Gasteiger charge is 2.21. The zero-order valence-electron chi connectivity index (χ0n) is 13.6. The second kappa shape index (κ2) is 6.64. The topological polar surface area (TPSA) is 117 Å². The molecule has 0 aromatic heterocycles. The van der Waals surface area contributed by atoms with Gasteiger partial charge in [-0.15, -0.1) is 0 Å². The predicted octanol–water partition coefficient (Wildman–Crippen LogP) is 2.09. The largest absolute Gasteiger partial charge is 0.507 e. The van der Waals surface area contributed by atoms with Gasteiger partial charge in [-0.2, -0.15) is 5.10 Å². The van der Waals surface area contributed by atoms with Crippen LogP contribution in [0, 0.1) is 5.92 Å². The summed E-state index contributed by atoms with van der Waals surface area (Å²) < 4.78 is 0. The monoisotopic (exact) mass is 338 g/mol. The summed E-state index contributed by atoms with van der Waals surface area (Å²) in [7, 11) is 0. The van der Waals surface area contributed by atoms with Gasteiger partial charge in [0.15, 0.2) is 0 Å². The zero-order chi connectivity index (χ0) is 18.0. The number of phenolic OH excluding ortho intramolecular Hbond substituents is 1. The zero-order valence-corrected chi connectivity index (χ0v) is 13.6. The van der Waals surface area contributed by atoms with Crippen LogP contribution >= 0.6 is 0 Å². The van der Waals surface area contributed by atoms with Crippen LogP contribution in [0.3, 0.4) is 0 Å². The number of nitrogens with one attached hydrogen (secondary N) is 2. The Balaban J connectivity index is 1.74. The number of phenols is 1. The minimum Gasteiger partial charge on any atom is -0.507 e. The summed E-state index contributed by atoms with van der Waals surface area (Å²) >= 11 is 0. The van der Waals surface area contributed by atoms with Gasteiger partial charge >= 0.3 is 0 Å². The van der Waals surface area contributed by atoms with Crippen LogP contribution in [0.2, 0.25) is 0 Å². The van der Waals surface area contributed by atoms with Crippen LogP contribution in [0.25, 0.3) is 0 Å². The summed E-state index contributed by atoms with van der Waals surface area (Å²) in [6.07, 6.45) is 0.397. The minimum absolute atomic E-state index is 0.0286. The molecule has 2 aromatic rings. The van der Waals surface area contributed by atoms with Gasteiger partial charge < -0.3 is 16.2 Å². The third-order valence-corrected chi connectivity index (χ3v) is 3.96. The highest BCUT2D eigenvalue weighted by molar-refractivity contribution is 6.08. The fourth-order valence-corrected chi connectivity index (χ4v) is 2.67. The highest BCUT2D eigenvalue weighted by Crippen LogP contribution is 2.22. The molecule has 3 rings (SSSR count). The van der Waals surface area contributed by atoms with E-state index >= 15 is 0 Å². The first-order chi connectivity index (χ1) is 11.9. The van der Waals surface area contributed by atoms with Gasteiger partial charge in [0.2, 0.25) is 5.91 Å². The fraction of sp³-hybridized carbons (Fsp3) is 0.167. The summed E-state index contributed by atoms with van der Waals surface area (Å²) in [6.45, 7) is 1.94. The maximum Gasteiger partial charge on any atom is 0.259 e. The smallest absolute Gasteiger partial charge is 0.259 e. The molecule has 0 fully saturated rings. The van der Waals surface area contributed by atoms with E-state index in [1.54, 1.807) is 18.2 Å². The van der Waals surface area contributed by atoms with E-state index in [9.17, 15) is 14.7 Å². The van der Waals surface area contributed by atoms with E-state index < -0.39 is 5.91 Å². The van der Waals surface area contributed by atoms with Gasteiger partial charge in [-0.05, 0) is 29.8 Å². The van der Waals surface area contributed by atoms with Crippen molar-refractivity contribution in [2.75, 3.05) is 11.1 Å². The van der Waals surface area contributed by atoms with Crippen molar-refractivity contribution in [2.24, 2.45) is 11.0 Å². The van der Waals surface area contributed by atoms with E-state index in [0.29, 0.717) is 17.8 Å². The average molecular weight is 338 g/mol. The van der Waals surface area contributed by atoms with Crippen molar-refractivity contribution in [2.45, 2.75) is 13.3 Å². The molecule has 1 aliphatic heterocycles. The lowest BCUT2D eigenvalue weighted by atomic mass is 9.94. The normalized spacial score (nSPS) is 16.8. The Kier molecular flexibility index (Phi) is 4.38. The number of hydrogen-bond acceptors (Lipinski definition) is 5. The van der Waals surface area contributed by atoms with Crippen molar-refractivity contribution in [3.63, 3.8) is 0 Å². The van der Waals surface area contributed by atoms with Gasteiger partial charge in [0.25, 0.3) is 5.91 Å². The van der Waals surface area contributed by atoms with Gasteiger partial charge in [-0.3, -0.25) is 9.59 Å². The molecule has 1 atom stereocenters. The summed E-state index contributed by atoms with van der Waals surface area (Å²) in [5, 5.41) is 16.6. The number of nitrogens with zero attached hydrogens (tertiary/aromatic N) is 1. The molecule has 2 amide bonds. The van der Waals surface area contributed by atoms with Crippen molar-refractivity contribution in [1.29, 1.82) is 0 Å². The van der Waals surface area contributed by atoms with E-state index in [4.69, 9.17) is 5.73 Å². The molecule has 0 radical (unpaired) electrons. The number of nitrogens with two attached hydrogens (primary N) is 1. The number of aromatic hydroxyl groups is 1. The molecule has 0 saturated carbocycles. The third kappa shape index (κ3) is 3.60. The number of benzene rings is 2. The average Bonchev–Trinajstić information content (AvgIpc) is 2.55. The second-order valence-electron chi connectivity index (χ2n) is 5.95. The van der Waals surface area contributed by atoms with E-state index in [1.165, 1.54) is 12.1 Å². The number of amides is 2. The summed E-state index contributed by atoms with van der Waals surface area (Å²) in [5.41, 5.74) is 10.8. The van der Waals surface area contributed by atoms with Crippen LogP contribution in [0.1, 0.15) is 29.3 Å². The molecule has 1 aliphatic rings. The second-order valence-corrected chi connectivity index (χ2v) is 5.95. The van der Waals surface area contributed by atoms with Crippen LogP contribution in [-0.4, -0.2) is 22.6 Å². The van der Waals surface area contributed by atoms with Gasteiger partial charge in [-0.25, -0.2) is 5.43 Å². The first-order valence-electron chi connectivity index (χ1n) is 7.80. The van der Waals surface area contributed by atoms with Gasteiger partial charge in [0.05, 0.1) is 11.3 Å². The number of rotatable bonds is 3. The molecule has 0 bridgehead atoms. The Bertz CT molecular complexity index is 859. The Hall–Kier alpha value is -3.35. The van der Waals surface area contributed by atoms with Crippen molar-refractivity contribution < 1.29 is 14.7 Å². The molecule has 2 aromatic carbocycles. The number of carbonyl (C=O) groups is 2. The molecule has 1 unspecified atom stereocenters. The summed E-state index contributed by atoms with van der Waals surface area (Å²) in [6, 6.07) is 11.5. The first kappa shape index (κ1) is 16.5. The molecular weight excluding hydrogens is 320 g/mol. The van der Waals surface area contributed by atoms with Crippen LogP contribution in [0.15, 0.2) is 47.6 Å². The van der Waals surface area contributed by atoms with Crippen molar-refractivity contribution in [3.8, 4) is 5.75 Å². The lowest BCUT2D eigenvalue weighted by Crippen LogP contribution is -2.31. The Morgan fingerprint density at radius 1 is 1.28 bits per heavy atom. The van der Waals surface area contributed by atoms with Crippen LogP contribution in [-0.2, 0) is 4.79 Å². The molecular formula is C18H18N4O3. The number of carbonyl (C=O) groups excluding carboxylic acids is 2. The third-order valence-electron chi connectivity index (χ3n) is 3.96. The van der Waals surface area contributed by atoms with Gasteiger partial charge in [0.1, 0.15) is 5.75 Å². The van der Waals surface area contributed by atoms with E-state index in [-0.39, 0.29) is 23.1 Å². The summed E-state index contributed by atoms with van der Waals surface area (Å²) in [4.78, 5) is 23.6. The fourth-order valence-electron chi connectivity index (χ4n) is 2.67. The van der Waals surface area contributed by atoms with E-state index in [2.05, 4.69) is 15.8 Å². The SMILES string of the molecule is CC1CC(=O)NN=C1c1ccc(NC(=O)c2ccc(N)cc2O)cc1. The number of anilines is 2. The van der Waals surface area contributed by atoms with Crippen molar-refractivity contribution >= 4 is 28.9 Å². The van der Waals surface area contributed by atoms with E-state index in [1.807, 2.05) is 19.1 Å². The summed E-state index contributed by atoms with van der Waals surface area (Å²) in [5.74, 6) is -0.666. The molecule has 25 heavy (non-hydrogen) atoms. The molecule has 7 nitrogen and oxygen atoms in total. The molecule has 0 saturated heterocycles. The molecule has 7 heteroatoms. The van der Waals surface area contributed by atoms with Crippen LogP contribution in [0.4, 0.5) is 11.4 Å². The highest BCUT2D eigenvalue weighted by atomic mass is 16.3. The molecule has 1 heterocycles. The van der Waals surface area contributed by atoms with Gasteiger partial charge in [-0.1, -0.05) is 19.1 Å². The quantitative estimate of drug-likeness (QED) is 0.641. The molecule has 0 spiro atoms. The first-order valence-corrected chi connectivity index (χ1v) is 7.80. The molecule has 0 aliphatic carbocycles. The lowest BCUT2D eigenvalue weighted by molar-refractivity contribution is -0.121. The maximum atomic E-state index is 12.2. The Morgan fingerprint density at radius 2 is 2.00 bits per heavy atom. The standard InChI is InChI=1S/C18H18N4O3/c1-10-8-16(24)21-22-17(10)11-2-5-13(6-3-11)20-18(25)14-7-4-12(19)9-15(14)23/h2-7,9-10,23H,8,19H2,1H3,(H,20,25)(H,21,24). The Labute approximate surface area is 144 Å². The van der Waals surface area contributed by atoms with E-state index in [0.717, 1.165) is 11.3 Å².